The molecular formula is C13H10F3N3O5. The predicted molar refractivity (Wildman–Crippen MR) is 72.5 cm³/mol. The van der Waals surface area contributed by atoms with Crippen molar-refractivity contribution in [1.82, 2.24) is 4.90 Å². The molecule has 2 atom stereocenters. The van der Waals surface area contributed by atoms with E-state index in [1.54, 1.807) is 0 Å². The molecule has 0 radical (unpaired) electrons. The zero-order chi connectivity index (χ0) is 17.8. The van der Waals surface area contributed by atoms with Crippen molar-refractivity contribution in [3.8, 4) is 0 Å². The molecular weight excluding hydrogens is 335 g/mol. The largest absolute Gasteiger partial charge is 0.471 e. The van der Waals surface area contributed by atoms with Crippen LogP contribution in [0.4, 0.5) is 24.5 Å². The van der Waals surface area contributed by atoms with Gasteiger partial charge in [0, 0.05) is 37.1 Å². The number of amides is 1. The number of nitro groups is 2. The molecule has 1 heterocycles. The minimum absolute atomic E-state index is 0.211. The number of alkyl halides is 3. The van der Waals surface area contributed by atoms with E-state index in [4.69, 9.17) is 0 Å². The van der Waals surface area contributed by atoms with Crippen molar-refractivity contribution in [2.24, 2.45) is 0 Å². The first-order chi connectivity index (χ1) is 11.1. The highest BCUT2D eigenvalue weighted by Crippen LogP contribution is 2.49. The molecule has 1 amide bonds. The fourth-order valence-electron chi connectivity index (χ4n) is 3.50. The van der Waals surface area contributed by atoms with E-state index in [0.29, 0.717) is 22.4 Å². The van der Waals surface area contributed by atoms with E-state index in [2.05, 4.69) is 0 Å². The molecule has 8 nitrogen and oxygen atoms in total. The minimum atomic E-state index is -5.00. The van der Waals surface area contributed by atoms with E-state index in [-0.39, 0.29) is 13.1 Å². The number of carbonyl (C=O) groups is 1. The third-order valence-electron chi connectivity index (χ3n) is 4.43. The first-order valence-corrected chi connectivity index (χ1v) is 6.92. The third-order valence-corrected chi connectivity index (χ3v) is 4.43. The number of hydrogen-bond donors (Lipinski definition) is 0. The molecule has 2 aliphatic rings. The Hall–Kier alpha value is -2.72. The van der Waals surface area contributed by atoms with Crippen LogP contribution in [-0.4, -0.2) is 39.9 Å². The van der Waals surface area contributed by atoms with Crippen LogP contribution in [0.5, 0.6) is 0 Å². The highest BCUT2D eigenvalue weighted by Gasteiger charge is 2.48. The molecule has 1 fully saturated rings. The average Bonchev–Trinajstić information content (AvgIpc) is 2.74. The summed E-state index contributed by atoms with van der Waals surface area (Å²) in [5, 5.41) is 22.0. The van der Waals surface area contributed by atoms with E-state index in [0.717, 1.165) is 12.1 Å². The van der Waals surface area contributed by atoms with Crippen LogP contribution in [0.25, 0.3) is 0 Å². The summed E-state index contributed by atoms with van der Waals surface area (Å²) in [5.41, 5.74) is -0.565. The van der Waals surface area contributed by atoms with Crippen molar-refractivity contribution >= 4 is 17.3 Å². The molecule has 11 heteroatoms. The molecule has 1 aliphatic carbocycles. The maximum atomic E-state index is 12.6. The van der Waals surface area contributed by atoms with Gasteiger partial charge in [0.1, 0.15) is 0 Å². The smallest absolute Gasteiger partial charge is 0.334 e. The minimum Gasteiger partial charge on any atom is -0.334 e. The summed E-state index contributed by atoms with van der Waals surface area (Å²) < 4.78 is 37.8. The van der Waals surface area contributed by atoms with Gasteiger partial charge in [0.2, 0.25) is 0 Å². The Bertz CT molecular complexity index is 715. The van der Waals surface area contributed by atoms with Gasteiger partial charge in [0.05, 0.1) is 9.85 Å². The normalized spacial score (nSPS) is 22.2. The molecule has 2 bridgehead atoms. The van der Waals surface area contributed by atoms with Crippen molar-refractivity contribution in [2.75, 3.05) is 13.1 Å². The molecule has 1 aromatic carbocycles. The van der Waals surface area contributed by atoms with Crippen LogP contribution in [0.15, 0.2) is 12.1 Å². The standard InChI is InChI=1S/C13H10F3N3O5/c14-13(15,16)12(20)17-4-6-1-7(5-17)9-3-11(19(23)24)10(18(21)22)2-8(6)9/h2-3,6-7H,1,4-5H2/t6-,7-/m1/s1. The summed E-state index contributed by atoms with van der Waals surface area (Å²) in [6.45, 7) is -0.423. The Morgan fingerprint density at radius 3 is 1.79 bits per heavy atom. The maximum Gasteiger partial charge on any atom is 0.471 e. The van der Waals surface area contributed by atoms with Crippen molar-refractivity contribution < 1.29 is 27.8 Å². The highest BCUT2D eigenvalue weighted by molar-refractivity contribution is 5.82. The second-order valence-electron chi connectivity index (χ2n) is 5.82. The van der Waals surface area contributed by atoms with Crippen molar-refractivity contribution in [2.45, 2.75) is 24.4 Å². The number of rotatable bonds is 2. The Labute approximate surface area is 132 Å². The SMILES string of the molecule is O=C(N1C[C@H]2C[C@H](C1)c1cc([N+](=O)[O-])c([N+](=O)[O-])cc12)C(F)(F)F. The highest BCUT2D eigenvalue weighted by atomic mass is 19.4. The summed E-state index contributed by atoms with van der Waals surface area (Å²) in [6, 6.07) is 2.11. The Kier molecular flexibility index (Phi) is 3.46. The lowest BCUT2D eigenvalue weighted by molar-refractivity contribution is -0.422. The van der Waals surface area contributed by atoms with Crippen LogP contribution >= 0.6 is 0 Å². The number of halogens is 3. The lowest BCUT2D eigenvalue weighted by Gasteiger charge is -2.32. The van der Waals surface area contributed by atoms with E-state index in [1.165, 1.54) is 0 Å². The number of hydrogen-bond acceptors (Lipinski definition) is 5. The molecule has 0 spiro atoms. The summed E-state index contributed by atoms with van der Waals surface area (Å²) >= 11 is 0. The molecule has 128 valence electrons. The van der Waals surface area contributed by atoms with E-state index in [9.17, 15) is 38.2 Å². The van der Waals surface area contributed by atoms with Gasteiger partial charge in [0.15, 0.2) is 0 Å². The van der Waals surface area contributed by atoms with Crippen molar-refractivity contribution in [1.29, 1.82) is 0 Å². The molecule has 1 aliphatic heterocycles. The molecule has 1 saturated heterocycles. The van der Waals surface area contributed by atoms with Gasteiger partial charge in [-0.3, -0.25) is 25.0 Å². The first-order valence-electron chi connectivity index (χ1n) is 6.92. The molecule has 0 N–H and O–H groups in total. The van der Waals surface area contributed by atoms with Gasteiger partial charge >= 0.3 is 23.5 Å². The zero-order valence-corrected chi connectivity index (χ0v) is 11.9. The number of fused-ring (bicyclic) bond motifs is 5. The van der Waals surface area contributed by atoms with Gasteiger partial charge in [-0.25, -0.2) is 0 Å². The molecule has 1 aromatic rings. The van der Waals surface area contributed by atoms with Crippen LogP contribution in [0.2, 0.25) is 0 Å². The third kappa shape index (κ3) is 2.45. The number of nitrogens with zero attached hydrogens (tertiary/aromatic N) is 3. The fourth-order valence-corrected chi connectivity index (χ4v) is 3.50. The van der Waals surface area contributed by atoms with Crippen LogP contribution in [-0.2, 0) is 4.79 Å². The zero-order valence-electron chi connectivity index (χ0n) is 11.9. The van der Waals surface area contributed by atoms with E-state index in [1.807, 2.05) is 0 Å². The number of carbonyl (C=O) groups excluding carboxylic acids is 1. The van der Waals surface area contributed by atoms with Crippen LogP contribution < -0.4 is 0 Å². The van der Waals surface area contributed by atoms with Gasteiger partial charge in [-0.1, -0.05) is 0 Å². The maximum absolute atomic E-state index is 12.6. The fraction of sp³-hybridized carbons (Fsp3) is 0.462. The van der Waals surface area contributed by atoms with Gasteiger partial charge in [-0.05, 0) is 17.5 Å². The number of piperidine rings is 1. The monoisotopic (exact) mass is 345 g/mol. The van der Waals surface area contributed by atoms with Crippen LogP contribution in [0.1, 0.15) is 29.4 Å². The second-order valence-corrected chi connectivity index (χ2v) is 5.82. The topological polar surface area (TPSA) is 107 Å². The Balaban J connectivity index is 2.01. The number of nitro benzene ring substituents is 2. The predicted octanol–water partition coefficient (Wildman–Crippen LogP) is 2.48. The van der Waals surface area contributed by atoms with Crippen LogP contribution in [0.3, 0.4) is 0 Å². The summed E-state index contributed by atoms with van der Waals surface area (Å²) in [6.07, 6.45) is -4.59. The summed E-state index contributed by atoms with van der Waals surface area (Å²) in [7, 11) is 0. The quantitative estimate of drug-likeness (QED) is 0.604. The molecule has 0 unspecified atom stereocenters. The van der Waals surface area contributed by atoms with Crippen molar-refractivity contribution in [3.63, 3.8) is 0 Å². The molecule has 0 aromatic heterocycles. The summed E-state index contributed by atoms with van der Waals surface area (Å²) in [5.74, 6) is -2.96. The number of benzene rings is 1. The average molecular weight is 345 g/mol. The van der Waals surface area contributed by atoms with Gasteiger partial charge in [-0.15, -0.1) is 0 Å². The van der Waals surface area contributed by atoms with Gasteiger partial charge < -0.3 is 4.90 Å². The van der Waals surface area contributed by atoms with E-state index >= 15 is 0 Å². The van der Waals surface area contributed by atoms with Crippen LogP contribution in [0, 0.1) is 20.2 Å². The van der Waals surface area contributed by atoms with Gasteiger partial charge in [0.25, 0.3) is 0 Å². The number of likely N-dealkylation sites (tertiary alicyclic amines) is 1. The summed E-state index contributed by atoms with van der Waals surface area (Å²) in [4.78, 5) is 32.3. The molecule has 3 rings (SSSR count). The molecule has 24 heavy (non-hydrogen) atoms. The Morgan fingerprint density at radius 1 is 1.04 bits per heavy atom. The lowest BCUT2D eigenvalue weighted by Crippen LogP contribution is -2.46. The first kappa shape index (κ1) is 16.1. The Morgan fingerprint density at radius 2 is 1.46 bits per heavy atom. The lowest BCUT2D eigenvalue weighted by atomic mass is 9.95. The van der Waals surface area contributed by atoms with Gasteiger partial charge in [-0.2, -0.15) is 13.2 Å². The van der Waals surface area contributed by atoms with E-state index < -0.39 is 45.1 Å². The molecule has 0 saturated carbocycles. The van der Waals surface area contributed by atoms with Crippen molar-refractivity contribution in [3.05, 3.63) is 43.5 Å². The second kappa shape index (κ2) is 5.14.